The predicted octanol–water partition coefficient (Wildman–Crippen LogP) is 3.44. The van der Waals surface area contributed by atoms with Gasteiger partial charge in [0, 0.05) is 29.7 Å². The van der Waals surface area contributed by atoms with Crippen LogP contribution in [-0.4, -0.2) is 13.1 Å². The van der Waals surface area contributed by atoms with E-state index in [4.69, 9.17) is 4.42 Å². The molecule has 3 nitrogen and oxygen atoms in total. The molecule has 0 N–H and O–H groups in total. The van der Waals surface area contributed by atoms with Crippen molar-refractivity contribution in [1.82, 2.24) is 0 Å². The highest BCUT2D eigenvalue weighted by molar-refractivity contribution is 5.92. The maximum absolute atomic E-state index is 12.2. The molecule has 1 aromatic carbocycles. The van der Waals surface area contributed by atoms with Crippen LogP contribution in [0.3, 0.4) is 0 Å². The maximum Gasteiger partial charge on any atom is 0.343 e. The highest BCUT2D eigenvalue weighted by atomic mass is 16.4. The molecule has 0 atom stereocenters. The smallest absolute Gasteiger partial charge is 0.343 e. The molecule has 3 heterocycles. The first-order valence-electron chi connectivity index (χ1n) is 7.70. The summed E-state index contributed by atoms with van der Waals surface area (Å²) in [7, 11) is 0. The first-order valence-corrected chi connectivity index (χ1v) is 7.70. The Kier molecular flexibility index (Phi) is 2.71. The van der Waals surface area contributed by atoms with E-state index in [-0.39, 0.29) is 5.63 Å². The maximum atomic E-state index is 12.2. The van der Waals surface area contributed by atoms with Crippen LogP contribution in [-0.2, 0) is 12.8 Å². The van der Waals surface area contributed by atoms with Gasteiger partial charge in [0.1, 0.15) is 5.58 Å². The van der Waals surface area contributed by atoms with Crippen LogP contribution in [0, 0.1) is 6.92 Å². The van der Waals surface area contributed by atoms with Crippen LogP contribution in [0.1, 0.15) is 35.1 Å². The van der Waals surface area contributed by atoms with Crippen molar-refractivity contribution in [2.75, 3.05) is 18.0 Å². The van der Waals surface area contributed by atoms with Crippen molar-refractivity contribution >= 4 is 22.7 Å². The lowest BCUT2D eigenvalue weighted by Gasteiger charge is -2.37. The molecule has 0 aliphatic carbocycles. The second-order valence-corrected chi connectivity index (χ2v) is 6.07. The summed E-state index contributed by atoms with van der Waals surface area (Å²) >= 11 is 0. The normalized spacial score (nSPS) is 16.9. The molecule has 0 radical (unpaired) electrons. The number of fused-ring (bicyclic) bond motifs is 2. The van der Waals surface area contributed by atoms with Crippen LogP contribution < -0.4 is 10.5 Å². The quantitative estimate of drug-likeness (QED) is 0.751. The van der Waals surface area contributed by atoms with Crippen LogP contribution in [0.2, 0.25) is 0 Å². The molecule has 0 amide bonds. The Balaban J connectivity index is 2.15. The van der Waals surface area contributed by atoms with Gasteiger partial charge >= 0.3 is 5.63 Å². The lowest BCUT2D eigenvalue weighted by molar-refractivity contribution is 0.547. The standard InChI is InChI=1S/C18H19NO2/c1-3-13-11(2)15-10-12-6-4-8-19-9-5-7-14(16(12)19)17(15)21-18(13)20/h3,10H,1,4-9H2,2H3. The third-order valence-corrected chi connectivity index (χ3v) is 4.90. The molecular weight excluding hydrogens is 262 g/mol. The van der Waals surface area contributed by atoms with Crippen molar-refractivity contribution in [3.8, 4) is 0 Å². The molecule has 0 fully saturated rings. The summed E-state index contributed by atoms with van der Waals surface area (Å²) in [5, 5.41) is 1.09. The summed E-state index contributed by atoms with van der Waals surface area (Å²) in [6.07, 6.45) is 6.08. The number of benzene rings is 1. The molecule has 2 aliphatic heterocycles. The average Bonchev–Trinajstić information content (AvgIpc) is 2.50. The van der Waals surface area contributed by atoms with E-state index in [9.17, 15) is 4.79 Å². The van der Waals surface area contributed by atoms with Gasteiger partial charge in [-0.25, -0.2) is 4.79 Å². The van der Waals surface area contributed by atoms with Gasteiger partial charge in [-0.1, -0.05) is 12.7 Å². The number of anilines is 1. The zero-order valence-electron chi connectivity index (χ0n) is 12.4. The summed E-state index contributed by atoms with van der Waals surface area (Å²) in [6.45, 7) is 7.99. The number of nitrogens with zero attached hydrogens (tertiary/aromatic N) is 1. The molecule has 3 heteroatoms. The van der Waals surface area contributed by atoms with Gasteiger partial charge < -0.3 is 9.32 Å². The molecule has 0 spiro atoms. The lowest BCUT2D eigenvalue weighted by Crippen LogP contribution is -2.34. The van der Waals surface area contributed by atoms with E-state index in [1.54, 1.807) is 6.08 Å². The molecule has 1 aromatic heterocycles. The van der Waals surface area contributed by atoms with E-state index in [1.807, 2.05) is 6.92 Å². The molecule has 21 heavy (non-hydrogen) atoms. The third kappa shape index (κ3) is 1.70. The summed E-state index contributed by atoms with van der Waals surface area (Å²) in [5.41, 5.74) is 6.12. The average molecular weight is 281 g/mol. The van der Waals surface area contributed by atoms with Crippen LogP contribution in [0.5, 0.6) is 0 Å². The van der Waals surface area contributed by atoms with E-state index in [0.29, 0.717) is 5.56 Å². The summed E-state index contributed by atoms with van der Waals surface area (Å²) in [5.74, 6) is 0. The van der Waals surface area contributed by atoms with Gasteiger partial charge in [0.05, 0.1) is 5.56 Å². The number of rotatable bonds is 1. The Labute approximate surface area is 123 Å². The highest BCUT2D eigenvalue weighted by Gasteiger charge is 2.27. The van der Waals surface area contributed by atoms with Crippen LogP contribution in [0.15, 0.2) is 21.9 Å². The van der Waals surface area contributed by atoms with Crippen molar-refractivity contribution in [3.05, 3.63) is 45.3 Å². The van der Waals surface area contributed by atoms with Gasteiger partial charge in [-0.2, -0.15) is 0 Å². The van der Waals surface area contributed by atoms with Crippen LogP contribution in [0.4, 0.5) is 5.69 Å². The van der Waals surface area contributed by atoms with Gasteiger partial charge in [-0.15, -0.1) is 0 Å². The molecule has 0 saturated heterocycles. The second kappa shape index (κ2) is 4.48. The Morgan fingerprint density at radius 3 is 2.81 bits per heavy atom. The van der Waals surface area contributed by atoms with Gasteiger partial charge in [0.15, 0.2) is 0 Å². The molecule has 108 valence electrons. The minimum Gasteiger partial charge on any atom is -0.422 e. The number of hydrogen-bond acceptors (Lipinski definition) is 3. The third-order valence-electron chi connectivity index (χ3n) is 4.90. The SMILES string of the molecule is C=Cc1c(C)c2cc3c4c(c2oc1=O)CCCN4CCC3. The van der Waals surface area contributed by atoms with Crippen molar-refractivity contribution in [2.45, 2.75) is 32.6 Å². The van der Waals surface area contributed by atoms with Gasteiger partial charge in [-0.05, 0) is 49.8 Å². The predicted molar refractivity (Wildman–Crippen MR) is 86.2 cm³/mol. The minimum absolute atomic E-state index is 0.265. The fourth-order valence-corrected chi connectivity index (χ4v) is 3.91. The topological polar surface area (TPSA) is 33.5 Å². The largest absolute Gasteiger partial charge is 0.422 e. The summed E-state index contributed by atoms with van der Waals surface area (Å²) < 4.78 is 5.68. The highest BCUT2D eigenvalue weighted by Crippen LogP contribution is 2.40. The summed E-state index contributed by atoms with van der Waals surface area (Å²) in [4.78, 5) is 14.6. The molecular formula is C18H19NO2. The fourth-order valence-electron chi connectivity index (χ4n) is 3.91. The van der Waals surface area contributed by atoms with E-state index in [2.05, 4.69) is 17.5 Å². The van der Waals surface area contributed by atoms with Crippen molar-refractivity contribution in [2.24, 2.45) is 0 Å². The number of aryl methyl sites for hydroxylation is 3. The molecule has 0 bridgehead atoms. The van der Waals surface area contributed by atoms with Crippen molar-refractivity contribution in [1.29, 1.82) is 0 Å². The molecule has 2 aliphatic rings. The van der Waals surface area contributed by atoms with Gasteiger partial charge in [0.25, 0.3) is 0 Å². The molecule has 4 rings (SSSR count). The van der Waals surface area contributed by atoms with E-state index in [1.165, 1.54) is 23.2 Å². The van der Waals surface area contributed by atoms with Crippen LogP contribution in [0.25, 0.3) is 17.0 Å². The summed E-state index contributed by atoms with van der Waals surface area (Å²) in [6, 6.07) is 2.23. The molecule has 2 aromatic rings. The van der Waals surface area contributed by atoms with E-state index >= 15 is 0 Å². The first-order chi connectivity index (χ1) is 10.2. The Bertz CT molecular complexity index is 814. The molecule has 0 saturated carbocycles. The van der Waals surface area contributed by atoms with E-state index < -0.39 is 0 Å². The van der Waals surface area contributed by atoms with E-state index in [0.717, 1.165) is 48.9 Å². The Morgan fingerprint density at radius 2 is 2.05 bits per heavy atom. The van der Waals surface area contributed by atoms with Gasteiger partial charge in [-0.3, -0.25) is 0 Å². The monoisotopic (exact) mass is 281 g/mol. The zero-order chi connectivity index (χ0) is 14.6. The molecule has 0 unspecified atom stereocenters. The number of hydrogen-bond donors (Lipinski definition) is 0. The van der Waals surface area contributed by atoms with Crippen molar-refractivity contribution in [3.63, 3.8) is 0 Å². The minimum atomic E-state index is -0.265. The fraction of sp³-hybridized carbons (Fsp3) is 0.389. The first kappa shape index (κ1) is 12.7. The van der Waals surface area contributed by atoms with Crippen LogP contribution >= 0.6 is 0 Å². The Morgan fingerprint density at radius 1 is 1.29 bits per heavy atom. The lowest BCUT2D eigenvalue weighted by atomic mass is 9.88. The second-order valence-electron chi connectivity index (χ2n) is 6.07. The van der Waals surface area contributed by atoms with Gasteiger partial charge in [0.2, 0.25) is 0 Å². The Hall–Kier alpha value is -2.03. The van der Waals surface area contributed by atoms with Crippen molar-refractivity contribution < 1.29 is 4.42 Å². The zero-order valence-corrected chi connectivity index (χ0v) is 12.4.